The first-order chi connectivity index (χ1) is 14.2. The number of nitrogens with one attached hydrogen (secondary N) is 1. The highest BCUT2D eigenvalue weighted by Gasteiger charge is 2.21. The maximum atomic E-state index is 11.7. The Balaban J connectivity index is 2.94. The number of carboxylic acids is 1. The normalized spacial score (nSPS) is 12.5. The first-order valence-electron chi connectivity index (χ1n) is 9.89. The van der Waals surface area contributed by atoms with Gasteiger partial charge in [0.05, 0.1) is 0 Å². The van der Waals surface area contributed by atoms with Crippen LogP contribution in [0.1, 0.15) is 52.5 Å². The third kappa shape index (κ3) is 8.60. The predicted molar refractivity (Wildman–Crippen MR) is 107 cm³/mol. The van der Waals surface area contributed by atoms with Gasteiger partial charge >= 0.3 is 23.9 Å². The molecule has 166 valence electrons. The van der Waals surface area contributed by atoms with Gasteiger partial charge in [-0.1, -0.05) is 26.8 Å². The molecule has 2 N–H and O–H groups in total. The van der Waals surface area contributed by atoms with Gasteiger partial charge in [0.15, 0.2) is 11.5 Å². The van der Waals surface area contributed by atoms with Crippen molar-refractivity contribution in [3.05, 3.63) is 23.8 Å². The molecule has 0 aliphatic rings. The van der Waals surface area contributed by atoms with Crippen LogP contribution < -0.4 is 14.8 Å². The van der Waals surface area contributed by atoms with Crippen molar-refractivity contribution in [1.29, 1.82) is 0 Å². The molecular formula is C21H29NO8. The van der Waals surface area contributed by atoms with Gasteiger partial charge in [0.25, 0.3) is 0 Å². The van der Waals surface area contributed by atoms with Crippen molar-refractivity contribution >= 4 is 23.9 Å². The summed E-state index contributed by atoms with van der Waals surface area (Å²) in [5.41, 5.74) is 0.559. The Morgan fingerprint density at radius 2 is 1.50 bits per heavy atom. The lowest BCUT2D eigenvalue weighted by atomic mass is 10.0. The minimum Gasteiger partial charge on any atom is -0.480 e. The van der Waals surface area contributed by atoms with Gasteiger partial charge in [-0.15, -0.1) is 0 Å². The van der Waals surface area contributed by atoms with Crippen LogP contribution >= 0.6 is 0 Å². The maximum absolute atomic E-state index is 11.7. The summed E-state index contributed by atoms with van der Waals surface area (Å²) in [5, 5.41) is 12.4. The molecule has 0 radical (unpaired) electrons. The van der Waals surface area contributed by atoms with E-state index in [0.717, 1.165) is 0 Å². The lowest BCUT2D eigenvalue weighted by Gasteiger charge is -2.19. The fourth-order valence-corrected chi connectivity index (χ4v) is 2.37. The van der Waals surface area contributed by atoms with Gasteiger partial charge in [0.2, 0.25) is 0 Å². The molecule has 9 nitrogen and oxygen atoms in total. The lowest BCUT2D eigenvalue weighted by molar-refractivity contribution is -0.147. The van der Waals surface area contributed by atoms with E-state index >= 15 is 0 Å². The molecule has 0 aliphatic carbocycles. The topological polar surface area (TPSA) is 128 Å². The third-order valence-corrected chi connectivity index (χ3v) is 4.04. The van der Waals surface area contributed by atoms with Gasteiger partial charge in [0, 0.05) is 25.8 Å². The summed E-state index contributed by atoms with van der Waals surface area (Å²) in [6.45, 7) is 6.76. The zero-order valence-electron chi connectivity index (χ0n) is 17.7. The van der Waals surface area contributed by atoms with Crippen molar-refractivity contribution in [2.75, 3.05) is 6.54 Å². The van der Waals surface area contributed by atoms with Gasteiger partial charge < -0.3 is 24.6 Å². The standard InChI is InChI=1S/C21H29NO8/c1-5-18(23)28-13(4)12-22-15(21(26)27)10-14-8-9-16(29-19(24)6-2)17(11-14)30-20(25)7-3/h8-9,11,13,15,22H,5-7,10,12H2,1-4H3,(H,26,27)/t13?,15-/m0/s1. The minimum atomic E-state index is -1.09. The second kappa shape index (κ2) is 12.6. The molecule has 0 spiro atoms. The fourth-order valence-electron chi connectivity index (χ4n) is 2.37. The summed E-state index contributed by atoms with van der Waals surface area (Å²) < 4.78 is 15.5. The van der Waals surface area contributed by atoms with Gasteiger partial charge in [0.1, 0.15) is 12.1 Å². The highest BCUT2D eigenvalue weighted by Crippen LogP contribution is 2.30. The van der Waals surface area contributed by atoms with E-state index in [-0.39, 0.29) is 49.7 Å². The largest absolute Gasteiger partial charge is 0.480 e. The number of carboxylic acid groups (broad SMARTS) is 1. The van der Waals surface area contributed by atoms with E-state index in [0.29, 0.717) is 5.56 Å². The van der Waals surface area contributed by atoms with Gasteiger partial charge in [-0.25, -0.2) is 0 Å². The fraction of sp³-hybridized carbons (Fsp3) is 0.524. The minimum absolute atomic E-state index is 0.0514. The number of benzene rings is 1. The summed E-state index contributed by atoms with van der Waals surface area (Å²) in [7, 11) is 0. The average Bonchev–Trinajstić information content (AvgIpc) is 2.71. The first-order valence-corrected chi connectivity index (χ1v) is 9.89. The van der Waals surface area contributed by atoms with Crippen molar-refractivity contribution in [3.63, 3.8) is 0 Å². The van der Waals surface area contributed by atoms with Crippen LogP contribution in [0.25, 0.3) is 0 Å². The molecule has 0 aliphatic heterocycles. The monoisotopic (exact) mass is 423 g/mol. The molecule has 2 atom stereocenters. The van der Waals surface area contributed by atoms with Crippen LogP contribution in [0.3, 0.4) is 0 Å². The summed E-state index contributed by atoms with van der Waals surface area (Å²) in [6.07, 6.45) is 0.0909. The van der Waals surface area contributed by atoms with Crippen molar-refractivity contribution in [2.24, 2.45) is 0 Å². The van der Waals surface area contributed by atoms with Gasteiger partial charge in [-0.3, -0.25) is 19.2 Å². The highest BCUT2D eigenvalue weighted by atomic mass is 16.6. The van der Waals surface area contributed by atoms with Crippen LogP contribution in [-0.4, -0.2) is 47.7 Å². The Morgan fingerprint density at radius 1 is 0.933 bits per heavy atom. The summed E-state index contributed by atoms with van der Waals surface area (Å²) >= 11 is 0. The molecule has 9 heteroatoms. The highest BCUT2D eigenvalue weighted by molar-refractivity contribution is 5.76. The molecule has 1 aromatic rings. The van der Waals surface area contributed by atoms with E-state index in [2.05, 4.69) is 5.32 Å². The molecule has 0 amide bonds. The number of carbonyl (C=O) groups is 4. The van der Waals surface area contributed by atoms with E-state index < -0.39 is 30.1 Å². The third-order valence-electron chi connectivity index (χ3n) is 4.04. The van der Waals surface area contributed by atoms with Crippen molar-refractivity contribution in [1.82, 2.24) is 5.32 Å². The van der Waals surface area contributed by atoms with Gasteiger partial charge in [-0.2, -0.15) is 0 Å². The second-order valence-electron chi connectivity index (χ2n) is 6.59. The molecule has 0 aromatic heterocycles. The van der Waals surface area contributed by atoms with Crippen LogP contribution in [0, 0.1) is 0 Å². The molecule has 1 rings (SSSR count). The second-order valence-corrected chi connectivity index (χ2v) is 6.59. The van der Waals surface area contributed by atoms with Crippen molar-refractivity contribution in [2.45, 2.75) is 65.5 Å². The molecule has 0 saturated carbocycles. The number of hydrogen-bond acceptors (Lipinski definition) is 8. The quantitative estimate of drug-likeness (QED) is 0.384. The number of aliphatic carboxylic acids is 1. The van der Waals surface area contributed by atoms with E-state index in [9.17, 15) is 24.3 Å². The van der Waals surface area contributed by atoms with Crippen molar-refractivity contribution < 1.29 is 38.5 Å². The van der Waals surface area contributed by atoms with Crippen LogP contribution in [0.5, 0.6) is 11.5 Å². The number of esters is 3. The summed E-state index contributed by atoms with van der Waals surface area (Å²) in [6, 6.07) is 3.57. The average molecular weight is 423 g/mol. The summed E-state index contributed by atoms with van der Waals surface area (Å²) in [5.74, 6) is -2.31. The van der Waals surface area contributed by atoms with Gasteiger partial charge in [-0.05, 0) is 31.0 Å². The zero-order chi connectivity index (χ0) is 22.7. The van der Waals surface area contributed by atoms with Crippen LogP contribution in [0.4, 0.5) is 0 Å². The van der Waals surface area contributed by atoms with E-state index in [1.807, 2.05) is 0 Å². The molecule has 1 aromatic carbocycles. The smallest absolute Gasteiger partial charge is 0.321 e. The number of rotatable bonds is 12. The van der Waals surface area contributed by atoms with Crippen LogP contribution in [-0.2, 0) is 30.3 Å². The molecular weight excluding hydrogens is 394 g/mol. The Morgan fingerprint density at radius 3 is 2.03 bits per heavy atom. The summed E-state index contributed by atoms with van der Waals surface area (Å²) in [4.78, 5) is 46.3. The van der Waals surface area contributed by atoms with Crippen LogP contribution in [0.15, 0.2) is 18.2 Å². The Hall–Kier alpha value is -2.94. The van der Waals surface area contributed by atoms with Crippen molar-refractivity contribution in [3.8, 4) is 11.5 Å². The molecule has 0 bridgehead atoms. The SMILES string of the molecule is CCC(=O)Oc1ccc(C[C@H](NCC(C)OC(=O)CC)C(=O)O)cc1OC(=O)CC. The van der Waals surface area contributed by atoms with E-state index in [4.69, 9.17) is 14.2 Å². The number of hydrogen-bond donors (Lipinski definition) is 2. The number of ether oxygens (including phenoxy) is 3. The molecule has 30 heavy (non-hydrogen) atoms. The maximum Gasteiger partial charge on any atom is 0.321 e. The zero-order valence-corrected chi connectivity index (χ0v) is 17.7. The number of carbonyl (C=O) groups excluding carboxylic acids is 3. The predicted octanol–water partition coefficient (Wildman–Crippen LogP) is 2.24. The molecule has 0 heterocycles. The first kappa shape index (κ1) is 25.1. The van der Waals surface area contributed by atoms with Crippen LogP contribution in [0.2, 0.25) is 0 Å². The molecule has 0 fully saturated rings. The lowest BCUT2D eigenvalue weighted by Crippen LogP contribution is -2.42. The Kier molecular flexibility index (Phi) is 10.5. The van der Waals surface area contributed by atoms with E-state index in [1.54, 1.807) is 33.8 Å². The van der Waals surface area contributed by atoms with E-state index in [1.165, 1.54) is 12.1 Å². The Bertz CT molecular complexity index is 761. The Labute approximate surface area is 175 Å². The molecule has 0 saturated heterocycles. The molecule has 1 unspecified atom stereocenters.